The van der Waals surface area contributed by atoms with E-state index >= 15 is 0 Å². The molecule has 0 spiro atoms. The van der Waals surface area contributed by atoms with Crippen LogP contribution < -0.4 is 0 Å². The second-order valence-corrected chi connectivity index (χ2v) is 6.96. The highest BCUT2D eigenvalue weighted by Gasteiger charge is 2.28. The summed E-state index contributed by atoms with van der Waals surface area (Å²) in [5, 5.41) is 8.43. The number of carbonyl (C=O) groups is 1. The Morgan fingerprint density at radius 3 is 2.56 bits per heavy atom. The van der Waals surface area contributed by atoms with E-state index in [1.54, 1.807) is 0 Å². The first-order valence-corrected chi connectivity index (χ1v) is 7.73. The van der Waals surface area contributed by atoms with E-state index in [-0.39, 0.29) is 22.3 Å². The second kappa shape index (κ2) is 5.14. The Kier molecular flexibility index (Phi) is 3.75. The molecule has 0 unspecified atom stereocenters. The Morgan fingerprint density at radius 1 is 1.33 bits per heavy atom. The molecule has 1 fully saturated rings. The van der Waals surface area contributed by atoms with Gasteiger partial charge in [0.05, 0.1) is 10.8 Å². The summed E-state index contributed by atoms with van der Waals surface area (Å²) in [5.41, 5.74) is -0.0103. The van der Waals surface area contributed by atoms with Crippen molar-refractivity contribution >= 4 is 15.8 Å². The molecule has 1 aliphatic carbocycles. The Balaban J connectivity index is 2.08. The molecule has 5 nitrogen and oxygen atoms in total. The van der Waals surface area contributed by atoms with Crippen molar-refractivity contribution in [2.75, 3.05) is 0 Å². The fraction of sp³-hybridized carbons (Fsp3) is 0.583. The van der Waals surface area contributed by atoms with Gasteiger partial charge < -0.3 is 9.52 Å². The Morgan fingerprint density at radius 2 is 2.00 bits per heavy atom. The zero-order valence-corrected chi connectivity index (χ0v) is 10.8. The van der Waals surface area contributed by atoms with Gasteiger partial charge in [-0.25, -0.2) is 13.2 Å². The van der Waals surface area contributed by atoms with Crippen molar-refractivity contribution in [2.45, 2.75) is 43.1 Å². The smallest absolute Gasteiger partial charge is 0.338 e. The third-order valence-electron chi connectivity index (χ3n) is 3.30. The van der Waals surface area contributed by atoms with E-state index in [4.69, 9.17) is 9.52 Å². The van der Waals surface area contributed by atoms with Gasteiger partial charge in [0, 0.05) is 0 Å². The lowest BCUT2D eigenvalue weighted by Crippen LogP contribution is -2.25. The standard InChI is InChI=1S/C12H16O5S/c13-12(14)9-6-10(17-7-9)8-18(15,16)11-4-2-1-3-5-11/h6-7,11H,1-5,8H2,(H,13,14). The zero-order chi connectivity index (χ0) is 13.2. The lowest BCUT2D eigenvalue weighted by Gasteiger charge is -2.21. The van der Waals surface area contributed by atoms with E-state index < -0.39 is 15.8 Å². The molecule has 0 atom stereocenters. The number of hydrogen-bond acceptors (Lipinski definition) is 4. The SMILES string of the molecule is O=C(O)c1coc(CS(=O)(=O)C2CCCCC2)c1. The summed E-state index contributed by atoms with van der Waals surface area (Å²) in [6.45, 7) is 0. The number of aromatic carboxylic acids is 1. The topological polar surface area (TPSA) is 84.6 Å². The van der Waals surface area contributed by atoms with Crippen LogP contribution in [0.5, 0.6) is 0 Å². The average molecular weight is 272 g/mol. The van der Waals surface area contributed by atoms with Gasteiger partial charge in [0.15, 0.2) is 9.84 Å². The molecule has 1 aromatic heterocycles. The number of furan rings is 1. The van der Waals surface area contributed by atoms with Gasteiger partial charge in [-0.2, -0.15) is 0 Å². The maximum atomic E-state index is 12.1. The van der Waals surface area contributed by atoms with E-state index in [1.807, 2.05) is 0 Å². The molecule has 1 aromatic rings. The first-order valence-electron chi connectivity index (χ1n) is 6.01. The van der Waals surface area contributed by atoms with Gasteiger partial charge in [-0.15, -0.1) is 0 Å². The van der Waals surface area contributed by atoms with Crippen molar-refractivity contribution in [3.8, 4) is 0 Å². The molecule has 0 aliphatic heterocycles. The molecule has 1 saturated carbocycles. The third kappa shape index (κ3) is 2.93. The molecular formula is C12H16O5S. The van der Waals surface area contributed by atoms with E-state index in [0.29, 0.717) is 12.8 Å². The molecule has 0 bridgehead atoms. The fourth-order valence-corrected chi connectivity index (χ4v) is 4.14. The number of hydrogen-bond donors (Lipinski definition) is 1. The lowest BCUT2D eigenvalue weighted by molar-refractivity contribution is 0.0696. The minimum atomic E-state index is -3.24. The minimum absolute atomic E-state index is 0.0103. The minimum Gasteiger partial charge on any atom is -0.478 e. The van der Waals surface area contributed by atoms with Gasteiger partial charge in [0.1, 0.15) is 17.8 Å². The molecule has 0 saturated heterocycles. The van der Waals surface area contributed by atoms with Crippen LogP contribution in [0.2, 0.25) is 0 Å². The van der Waals surface area contributed by atoms with E-state index in [1.165, 1.54) is 6.07 Å². The van der Waals surface area contributed by atoms with Crippen LogP contribution in [0.4, 0.5) is 0 Å². The van der Waals surface area contributed by atoms with E-state index in [0.717, 1.165) is 25.5 Å². The molecule has 1 N–H and O–H groups in total. The van der Waals surface area contributed by atoms with Gasteiger partial charge in [0.2, 0.25) is 0 Å². The number of sulfone groups is 1. The van der Waals surface area contributed by atoms with Crippen molar-refractivity contribution in [2.24, 2.45) is 0 Å². The molecule has 1 aliphatic rings. The summed E-state index contributed by atoms with van der Waals surface area (Å²) in [6, 6.07) is 1.28. The van der Waals surface area contributed by atoms with Crippen LogP contribution in [0.25, 0.3) is 0 Å². The maximum Gasteiger partial charge on any atom is 0.338 e. The van der Waals surface area contributed by atoms with Crippen molar-refractivity contribution in [3.05, 3.63) is 23.7 Å². The predicted octanol–water partition coefficient (Wildman–Crippen LogP) is 2.23. The fourth-order valence-electron chi connectivity index (χ4n) is 2.31. The molecule has 6 heteroatoms. The molecule has 0 amide bonds. The van der Waals surface area contributed by atoms with Crippen LogP contribution in [0.1, 0.15) is 48.2 Å². The highest BCUT2D eigenvalue weighted by Crippen LogP contribution is 2.26. The van der Waals surface area contributed by atoms with Crippen LogP contribution in [0.15, 0.2) is 16.7 Å². The van der Waals surface area contributed by atoms with Gasteiger partial charge in [-0.05, 0) is 18.9 Å². The van der Waals surface area contributed by atoms with Crippen LogP contribution in [0, 0.1) is 0 Å². The Hall–Kier alpha value is -1.30. The molecule has 0 radical (unpaired) electrons. The quantitative estimate of drug-likeness (QED) is 0.908. The van der Waals surface area contributed by atoms with Crippen LogP contribution in [0.3, 0.4) is 0 Å². The first-order chi connectivity index (χ1) is 8.49. The molecule has 2 rings (SSSR count). The van der Waals surface area contributed by atoms with Gasteiger partial charge in [0.25, 0.3) is 0 Å². The van der Waals surface area contributed by atoms with E-state index in [2.05, 4.69) is 0 Å². The maximum absolute atomic E-state index is 12.1. The van der Waals surface area contributed by atoms with E-state index in [9.17, 15) is 13.2 Å². The normalized spacial score (nSPS) is 17.8. The Labute approximate surface area is 106 Å². The van der Waals surface area contributed by atoms with Crippen molar-refractivity contribution in [1.82, 2.24) is 0 Å². The highest BCUT2D eigenvalue weighted by atomic mass is 32.2. The number of rotatable bonds is 4. The number of carboxylic acids is 1. The van der Waals surface area contributed by atoms with Gasteiger partial charge in [-0.1, -0.05) is 19.3 Å². The molecular weight excluding hydrogens is 256 g/mol. The Bertz CT molecular complexity index is 522. The van der Waals surface area contributed by atoms with Crippen molar-refractivity contribution in [1.29, 1.82) is 0 Å². The summed E-state index contributed by atoms with van der Waals surface area (Å²) in [6.07, 6.45) is 5.47. The predicted molar refractivity (Wildman–Crippen MR) is 65.2 cm³/mol. The largest absolute Gasteiger partial charge is 0.478 e. The highest BCUT2D eigenvalue weighted by molar-refractivity contribution is 7.91. The van der Waals surface area contributed by atoms with Crippen LogP contribution >= 0.6 is 0 Å². The second-order valence-electron chi connectivity index (χ2n) is 4.67. The molecule has 18 heavy (non-hydrogen) atoms. The molecule has 0 aromatic carbocycles. The first kappa shape index (κ1) is 13.1. The monoisotopic (exact) mass is 272 g/mol. The summed E-state index contributed by atoms with van der Waals surface area (Å²) in [5.74, 6) is -1.11. The van der Waals surface area contributed by atoms with Gasteiger partial charge >= 0.3 is 5.97 Å². The van der Waals surface area contributed by atoms with Crippen LogP contribution in [-0.4, -0.2) is 24.7 Å². The summed E-state index contributed by atoms with van der Waals surface area (Å²) in [4.78, 5) is 10.7. The number of carboxylic acid groups (broad SMARTS) is 1. The lowest BCUT2D eigenvalue weighted by atomic mass is 10.0. The van der Waals surface area contributed by atoms with Gasteiger partial charge in [-0.3, -0.25) is 0 Å². The van der Waals surface area contributed by atoms with Crippen LogP contribution in [-0.2, 0) is 15.6 Å². The van der Waals surface area contributed by atoms with Crippen molar-refractivity contribution in [3.63, 3.8) is 0 Å². The third-order valence-corrected chi connectivity index (χ3v) is 5.48. The van der Waals surface area contributed by atoms with Crippen molar-refractivity contribution < 1.29 is 22.7 Å². The zero-order valence-electron chi connectivity index (χ0n) is 9.96. The summed E-state index contributed by atoms with van der Waals surface area (Å²) < 4.78 is 29.2. The summed E-state index contributed by atoms with van der Waals surface area (Å²) in [7, 11) is -3.24. The average Bonchev–Trinajstić information content (AvgIpc) is 2.78. The molecule has 1 heterocycles. The summed E-state index contributed by atoms with van der Waals surface area (Å²) >= 11 is 0. The molecule has 100 valence electrons.